The van der Waals surface area contributed by atoms with Gasteiger partial charge in [-0.2, -0.15) is 13.2 Å². The van der Waals surface area contributed by atoms with Gasteiger partial charge in [0.15, 0.2) is 0 Å². The molecule has 2 aliphatic rings. The van der Waals surface area contributed by atoms with Gasteiger partial charge in [0.05, 0.1) is 5.56 Å². The zero-order chi connectivity index (χ0) is 15.2. The molecule has 1 saturated carbocycles. The maximum Gasteiger partial charge on any atom is 0.419 e. The fourth-order valence-electron chi connectivity index (χ4n) is 3.36. The Kier molecular flexibility index (Phi) is 3.69. The number of fused-ring (bicyclic) bond motifs is 1. The number of rotatable bonds is 4. The molecule has 1 saturated heterocycles. The summed E-state index contributed by atoms with van der Waals surface area (Å²) in [6, 6.07) is 3.10. The minimum atomic E-state index is -4.65. The second kappa shape index (κ2) is 5.25. The molecular formula is C15H17F4N2-. The van der Waals surface area contributed by atoms with Crippen molar-refractivity contribution in [3.05, 3.63) is 40.5 Å². The second-order valence-electron chi connectivity index (χ2n) is 6.09. The van der Waals surface area contributed by atoms with Crippen LogP contribution in [0.3, 0.4) is 0 Å². The molecule has 0 amide bonds. The van der Waals surface area contributed by atoms with E-state index in [1.54, 1.807) is 0 Å². The number of hydrogen-bond acceptors (Lipinski definition) is 1. The van der Waals surface area contributed by atoms with E-state index in [0.717, 1.165) is 25.2 Å². The first-order chi connectivity index (χ1) is 9.86. The van der Waals surface area contributed by atoms with Crippen molar-refractivity contribution in [3.8, 4) is 0 Å². The van der Waals surface area contributed by atoms with Crippen LogP contribution in [0.2, 0.25) is 0 Å². The van der Waals surface area contributed by atoms with Crippen molar-refractivity contribution < 1.29 is 17.6 Å². The third-order valence-electron chi connectivity index (χ3n) is 4.52. The lowest BCUT2D eigenvalue weighted by Gasteiger charge is -2.22. The van der Waals surface area contributed by atoms with Crippen LogP contribution in [0, 0.1) is 23.6 Å². The molecule has 1 aliphatic heterocycles. The van der Waals surface area contributed by atoms with Gasteiger partial charge in [-0.1, -0.05) is 17.5 Å². The van der Waals surface area contributed by atoms with Crippen molar-refractivity contribution >= 4 is 0 Å². The molecule has 2 fully saturated rings. The Labute approximate surface area is 121 Å². The standard InChI is InChI=1S/C15H17F4N2/c1-21-7-11-10(12(11)8-21)6-20-5-9-2-3-14(16)13(4-9)15(17,18)19/h2-4,10-12H,5-8H2,1H3/q-1. The molecule has 0 spiro atoms. The average molecular weight is 301 g/mol. The summed E-state index contributed by atoms with van der Waals surface area (Å²) in [5.41, 5.74) is -0.799. The lowest BCUT2D eigenvalue weighted by molar-refractivity contribution is -0.140. The van der Waals surface area contributed by atoms with Gasteiger partial charge < -0.3 is 10.2 Å². The zero-order valence-corrected chi connectivity index (χ0v) is 11.7. The third-order valence-corrected chi connectivity index (χ3v) is 4.52. The third kappa shape index (κ3) is 3.06. The van der Waals surface area contributed by atoms with Gasteiger partial charge in [-0.25, -0.2) is 4.39 Å². The molecule has 0 aromatic heterocycles. The van der Waals surface area contributed by atoms with Crippen molar-refractivity contribution in [3.63, 3.8) is 0 Å². The monoisotopic (exact) mass is 301 g/mol. The Hall–Kier alpha value is -1.14. The van der Waals surface area contributed by atoms with Crippen LogP contribution >= 0.6 is 0 Å². The first kappa shape index (κ1) is 14.8. The summed E-state index contributed by atoms with van der Waals surface area (Å²) < 4.78 is 51.0. The maximum atomic E-state index is 13.2. The van der Waals surface area contributed by atoms with E-state index in [-0.39, 0.29) is 6.54 Å². The van der Waals surface area contributed by atoms with Crippen molar-refractivity contribution in [1.82, 2.24) is 4.90 Å². The Morgan fingerprint density at radius 1 is 1.24 bits per heavy atom. The number of benzene rings is 1. The molecule has 21 heavy (non-hydrogen) atoms. The number of hydrogen-bond donors (Lipinski definition) is 0. The molecule has 2 unspecified atom stereocenters. The summed E-state index contributed by atoms with van der Waals surface area (Å²) in [4.78, 5) is 2.29. The fourth-order valence-corrected chi connectivity index (χ4v) is 3.36. The molecule has 1 aromatic rings. The largest absolute Gasteiger partial charge is 0.658 e. The van der Waals surface area contributed by atoms with Gasteiger partial charge in [-0.3, -0.25) is 0 Å². The Balaban J connectivity index is 1.52. The molecule has 1 heterocycles. The second-order valence-corrected chi connectivity index (χ2v) is 6.09. The van der Waals surface area contributed by atoms with Gasteiger partial charge in [-0.15, -0.1) is 13.1 Å². The number of nitrogens with zero attached hydrogens (tertiary/aromatic N) is 2. The van der Waals surface area contributed by atoms with E-state index in [0.29, 0.717) is 29.9 Å². The normalized spacial score (nSPS) is 28.7. The van der Waals surface area contributed by atoms with E-state index in [9.17, 15) is 17.6 Å². The van der Waals surface area contributed by atoms with Crippen molar-refractivity contribution in [1.29, 1.82) is 0 Å². The topological polar surface area (TPSA) is 17.3 Å². The summed E-state index contributed by atoms with van der Waals surface area (Å²) in [7, 11) is 2.09. The van der Waals surface area contributed by atoms with Gasteiger partial charge >= 0.3 is 6.18 Å². The van der Waals surface area contributed by atoms with Crippen LogP contribution < -0.4 is 0 Å². The van der Waals surface area contributed by atoms with Gasteiger partial charge in [0.25, 0.3) is 0 Å². The summed E-state index contributed by atoms with van der Waals surface area (Å²) in [5, 5.41) is 4.36. The molecule has 2 nitrogen and oxygen atoms in total. The predicted octanol–water partition coefficient (Wildman–Crippen LogP) is 3.53. The van der Waals surface area contributed by atoms with E-state index in [2.05, 4.69) is 17.3 Å². The van der Waals surface area contributed by atoms with Gasteiger partial charge in [-0.05, 0) is 31.0 Å². The quantitative estimate of drug-likeness (QED) is 0.778. The van der Waals surface area contributed by atoms with E-state index in [1.165, 1.54) is 6.07 Å². The highest BCUT2D eigenvalue weighted by atomic mass is 19.4. The number of halogens is 4. The number of alkyl halides is 3. The van der Waals surface area contributed by atoms with Gasteiger partial charge in [0, 0.05) is 13.1 Å². The molecule has 0 radical (unpaired) electrons. The lowest BCUT2D eigenvalue weighted by Crippen LogP contribution is -2.19. The number of piperidine rings is 1. The molecule has 1 aromatic carbocycles. The summed E-state index contributed by atoms with van der Waals surface area (Å²) in [5.74, 6) is 0.769. The minimum Gasteiger partial charge on any atom is -0.658 e. The Morgan fingerprint density at radius 2 is 1.90 bits per heavy atom. The SMILES string of the molecule is CN1CC2C(C[N-]Cc3ccc(F)c(C(F)(F)F)c3)C2C1. The molecular weight excluding hydrogens is 284 g/mol. The van der Waals surface area contributed by atoms with Crippen LogP contribution in [0.4, 0.5) is 17.6 Å². The molecule has 116 valence electrons. The van der Waals surface area contributed by atoms with Crippen LogP contribution in [0.25, 0.3) is 5.32 Å². The fraction of sp³-hybridized carbons (Fsp3) is 0.600. The van der Waals surface area contributed by atoms with Crippen LogP contribution in [-0.2, 0) is 12.7 Å². The van der Waals surface area contributed by atoms with E-state index >= 15 is 0 Å². The van der Waals surface area contributed by atoms with Crippen molar-refractivity contribution in [2.45, 2.75) is 12.7 Å². The Morgan fingerprint density at radius 3 is 2.52 bits per heavy atom. The van der Waals surface area contributed by atoms with Gasteiger partial charge in [0.1, 0.15) is 5.82 Å². The van der Waals surface area contributed by atoms with Crippen molar-refractivity contribution in [2.75, 3.05) is 26.7 Å². The van der Waals surface area contributed by atoms with Crippen LogP contribution in [-0.4, -0.2) is 31.6 Å². The van der Waals surface area contributed by atoms with E-state index < -0.39 is 17.6 Å². The first-order valence-electron chi connectivity index (χ1n) is 7.03. The molecule has 3 rings (SSSR count). The van der Waals surface area contributed by atoms with Crippen molar-refractivity contribution in [2.24, 2.45) is 17.8 Å². The summed E-state index contributed by atoms with van der Waals surface area (Å²) in [6.07, 6.45) is -4.65. The van der Waals surface area contributed by atoms with Crippen LogP contribution in [0.15, 0.2) is 18.2 Å². The Bertz CT molecular complexity index is 517. The molecule has 0 N–H and O–H groups in total. The predicted molar refractivity (Wildman–Crippen MR) is 71.3 cm³/mol. The summed E-state index contributed by atoms with van der Waals surface area (Å²) >= 11 is 0. The zero-order valence-electron chi connectivity index (χ0n) is 11.7. The van der Waals surface area contributed by atoms with Gasteiger partial charge in [0.2, 0.25) is 0 Å². The molecule has 2 atom stereocenters. The summed E-state index contributed by atoms with van der Waals surface area (Å²) in [6.45, 7) is 3.11. The maximum absolute atomic E-state index is 13.2. The lowest BCUT2D eigenvalue weighted by atomic mass is 10.1. The van der Waals surface area contributed by atoms with E-state index in [4.69, 9.17) is 0 Å². The smallest absolute Gasteiger partial charge is 0.419 e. The number of likely N-dealkylation sites (tertiary alicyclic amines) is 1. The first-order valence-corrected chi connectivity index (χ1v) is 7.03. The van der Waals surface area contributed by atoms with E-state index in [1.807, 2.05) is 0 Å². The highest BCUT2D eigenvalue weighted by Crippen LogP contribution is 2.51. The molecule has 6 heteroatoms. The highest BCUT2D eigenvalue weighted by molar-refractivity contribution is 5.28. The molecule has 1 aliphatic carbocycles. The minimum absolute atomic E-state index is 0.217. The average Bonchev–Trinajstić information content (AvgIpc) is 2.85. The highest BCUT2D eigenvalue weighted by Gasteiger charge is 2.52. The van der Waals surface area contributed by atoms with Crippen LogP contribution in [0.5, 0.6) is 0 Å². The molecule has 0 bridgehead atoms. The van der Waals surface area contributed by atoms with Crippen LogP contribution in [0.1, 0.15) is 11.1 Å².